The van der Waals surface area contributed by atoms with E-state index in [0.717, 1.165) is 30.5 Å². The Labute approximate surface area is 290 Å². The lowest BCUT2D eigenvalue weighted by Crippen LogP contribution is -2.25. The van der Waals surface area contributed by atoms with Gasteiger partial charge in [-0.05, 0) is 64.9 Å². The zero-order valence-electron chi connectivity index (χ0n) is 27.8. The molecule has 268 valence electrons. The number of rotatable bonds is 15. The molecule has 0 spiro atoms. The Bertz CT molecular complexity index is 1930. The van der Waals surface area contributed by atoms with Crippen LogP contribution in [0.2, 0.25) is 0 Å². The van der Waals surface area contributed by atoms with Crippen LogP contribution in [0.15, 0.2) is 84.9 Å². The highest BCUT2D eigenvalue weighted by atomic mass is 19.3. The molecule has 5 aromatic rings. The monoisotopic (exact) mass is 714 g/mol. The van der Waals surface area contributed by atoms with Crippen LogP contribution in [0.1, 0.15) is 69.4 Å². The average molecular weight is 715 g/mol. The average Bonchev–Trinajstić information content (AvgIpc) is 3.08. The van der Waals surface area contributed by atoms with E-state index in [9.17, 15) is 30.7 Å². The molecule has 5 rings (SSSR count). The van der Waals surface area contributed by atoms with Crippen molar-refractivity contribution in [2.75, 3.05) is 0 Å². The lowest BCUT2D eigenvalue weighted by atomic mass is 9.96. The summed E-state index contributed by atoms with van der Waals surface area (Å²) in [5.74, 6) is -12.3. The van der Waals surface area contributed by atoms with Crippen molar-refractivity contribution in [1.29, 1.82) is 0 Å². The van der Waals surface area contributed by atoms with Gasteiger partial charge in [-0.1, -0.05) is 100 Å². The van der Waals surface area contributed by atoms with Crippen molar-refractivity contribution in [3.05, 3.63) is 137 Å². The minimum atomic E-state index is -4.80. The molecule has 5 aromatic carbocycles. The van der Waals surface area contributed by atoms with Gasteiger partial charge >= 0.3 is 6.11 Å². The molecule has 0 saturated heterocycles. The van der Waals surface area contributed by atoms with Crippen LogP contribution in [-0.4, -0.2) is 0 Å². The van der Waals surface area contributed by atoms with Crippen LogP contribution in [0.4, 0.5) is 39.5 Å². The maximum Gasteiger partial charge on any atom is 0.432 e. The van der Waals surface area contributed by atoms with E-state index in [0.29, 0.717) is 17.7 Å². The Hall–Kier alpha value is -4.73. The summed E-state index contributed by atoms with van der Waals surface area (Å²) in [7, 11) is 0. The van der Waals surface area contributed by atoms with Gasteiger partial charge in [-0.3, -0.25) is 0 Å². The molecule has 0 unspecified atom stereocenters. The first-order valence-corrected chi connectivity index (χ1v) is 16.8. The summed E-state index contributed by atoms with van der Waals surface area (Å²) in [5.41, 5.74) is 0.0516. The van der Waals surface area contributed by atoms with E-state index in [2.05, 4.69) is 11.7 Å². The van der Waals surface area contributed by atoms with E-state index in [1.54, 1.807) is 6.07 Å². The number of hydrogen-bond donors (Lipinski definition) is 0. The third kappa shape index (κ3) is 9.15. The molecule has 0 heterocycles. The van der Waals surface area contributed by atoms with Gasteiger partial charge in [-0.15, -0.1) is 0 Å². The van der Waals surface area contributed by atoms with Gasteiger partial charge in [0.2, 0.25) is 0 Å². The van der Waals surface area contributed by atoms with Crippen LogP contribution in [0, 0.1) is 40.7 Å². The summed E-state index contributed by atoms with van der Waals surface area (Å²) in [6, 6.07) is 16.8. The summed E-state index contributed by atoms with van der Waals surface area (Å²) in [5, 5.41) is 0. The molecule has 0 bridgehead atoms. The van der Waals surface area contributed by atoms with E-state index in [4.69, 9.17) is 0 Å². The molecule has 0 radical (unpaired) electrons. The summed E-state index contributed by atoms with van der Waals surface area (Å²) in [6.07, 6.45) is 6.09. The number of unbranched alkanes of at least 4 members (excludes halogenated alkanes) is 7. The van der Waals surface area contributed by atoms with E-state index in [1.165, 1.54) is 68.7 Å². The molecule has 0 aliphatic rings. The highest BCUT2D eigenvalue weighted by molar-refractivity contribution is 5.74. The Morgan fingerprint density at radius 3 is 1.51 bits per heavy atom. The molecule has 1 nitrogen and oxygen atoms in total. The summed E-state index contributed by atoms with van der Waals surface area (Å²) >= 11 is 0. The Morgan fingerprint density at radius 2 is 0.941 bits per heavy atom. The van der Waals surface area contributed by atoms with Crippen LogP contribution in [-0.2, 0) is 12.5 Å². The van der Waals surface area contributed by atoms with Gasteiger partial charge in [0, 0.05) is 23.3 Å². The minimum absolute atomic E-state index is 0.0636. The minimum Gasteiger partial charge on any atom is -0.429 e. The Morgan fingerprint density at radius 1 is 0.471 bits per heavy atom. The standard InChI is InChI=1S/C41H35F9O/c1-2-3-4-5-6-7-8-9-10-25-11-13-26(14-12-25)27-15-17-31(33(42)19-27)28-16-18-32(34(43)20-28)29-21-35(44)39(36(45)22-29)41(49,50)51-30-23-37(46)40(48)38(47)24-30/h11-24H,2-10H2,1H3. The van der Waals surface area contributed by atoms with Gasteiger partial charge in [-0.25, -0.2) is 30.7 Å². The fraction of sp³-hybridized carbons (Fsp3) is 0.268. The van der Waals surface area contributed by atoms with E-state index in [1.807, 2.05) is 24.3 Å². The largest absolute Gasteiger partial charge is 0.432 e. The second kappa shape index (κ2) is 16.5. The highest BCUT2D eigenvalue weighted by Crippen LogP contribution is 2.39. The smallest absolute Gasteiger partial charge is 0.429 e. The zero-order valence-corrected chi connectivity index (χ0v) is 27.8. The van der Waals surface area contributed by atoms with Crippen LogP contribution in [0.3, 0.4) is 0 Å². The van der Waals surface area contributed by atoms with Gasteiger partial charge < -0.3 is 4.74 Å². The maximum absolute atomic E-state index is 15.3. The van der Waals surface area contributed by atoms with Crippen molar-refractivity contribution in [2.45, 2.75) is 70.8 Å². The van der Waals surface area contributed by atoms with Gasteiger partial charge in [0.15, 0.2) is 17.5 Å². The second-order valence-electron chi connectivity index (χ2n) is 12.4. The molecule has 0 fully saturated rings. The van der Waals surface area contributed by atoms with Crippen molar-refractivity contribution < 1.29 is 44.3 Å². The molecule has 0 aliphatic heterocycles. The molecule has 0 saturated carbocycles. The van der Waals surface area contributed by atoms with Crippen molar-refractivity contribution in [3.63, 3.8) is 0 Å². The quantitative estimate of drug-likeness (QED) is 0.0596. The maximum atomic E-state index is 15.3. The van der Waals surface area contributed by atoms with Crippen LogP contribution >= 0.6 is 0 Å². The molecule has 0 aliphatic carbocycles. The van der Waals surface area contributed by atoms with Crippen molar-refractivity contribution in [3.8, 4) is 39.1 Å². The van der Waals surface area contributed by atoms with Crippen molar-refractivity contribution in [1.82, 2.24) is 0 Å². The first-order valence-electron chi connectivity index (χ1n) is 16.8. The fourth-order valence-corrected chi connectivity index (χ4v) is 5.97. The van der Waals surface area contributed by atoms with E-state index < -0.39 is 63.7 Å². The van der Waals surface area contributed by atoms with Gasteiger partial charge in [-0.2, -0.15) is 8.78 Å². The third-order valence-corrected chi connectivity index (χ3v) is 8.70. The Balaban J connectivity index is 1.26. The summed E-state index contributed by atoms with van der Waals surface area (Å²) < 4.78 is 134. The number of hydrogen-bond acceptors (Lipinski definition) is 1. The summed E-state index contributed by atoms with van der Waals surface area (Å²) in [4.78, 5) is 0. The molecule has 10 heteroatoms. The number of halogens is 9. The van der Waals surface area contributed by atoms with Crippen LogP contribution in [0.5, 0.6) is 5.75 Å². The van der Waals surface area contributed by atoms with Crippen molar-refractivity contribution >= 4 is 0 Å². The van der Waals surface area contributed by atoms with Gasteiger partial charge in [0.25, 0.3) is 0 Å². The first-order chi connectivity index (χ1) is 24.4. The number of ether oxygens (including phenoxy) is 1. The molecule has 0 aromatic heterocycles. The van der Waals surface area contributed by atoms with Gasteiger partial charge in [0.05, 0.1) is 0 Å². The zero-order chi connectivity index (χ0) is 36.7. The lowest BCUT2D eigenvalue weighted by molar-refractivity contribution is -0.189. The molecule has 0 atom stereocenters. The SMILES string of the molecule is CCCCCCCCCCc1ccc(-c2ccc(-c3ccc(-c4cc(F)c(C(F)(F)Oc5cc(F)c(F)c(F)c5)c(F)c4)c(F)c3)c(F)c2)cc1. The highest BCUT2D eigenvalue weighted by Gasteiger charge is 2.41. The first kappa shape index (κ1) is 37.5. The Kier molecular flexibility index (Phi) is 12.2. The van der Waals surface area contributed by atoms with E-state index in [-0.39, 0.29) is 28.8 Å². The fourth-order valence-electron chi connectivity index (χ4n) is 5.97. The van der Waals surface area contributed by atoms with Crippen LogP contribution in [0.25, 0.3) is 33.4 Å². The van der Waals surface area contributed by atoms with Crippen molar-refractivity contribution in [2.24, 2.45) is 0 Å². The predicted octanol–water partition coefficient (Wildman–Crippen LogP) is 13.5. The lowest BCUT2D eigenvalue weighted by Gasteiger charge is -2.20. The summed E-state index contributed by atoms with van der Waals surface area (Å²) in [6.45, 7) is 2.21. The number of benzene rings is 5. The predicted molar refractivity (Wildman–Crippen MR) is 180 cm³/mol. The molecular weight excluding hydrogens is 679 g/mol. The topological polar surface area (TPSA) is 9.23 Å². The second-order valence-corrected chi connectivity index (χ2v) is 12.4. The van der Waals surface area contributed by atoms with Crippen LogP contribution < -0.4 is 4.74 Å². The molecular formula is C41H35F9O. The number of aryl methyl sites for hydroxylation is 1. The number of alkyl halides is 2. The van der Waals surface area contributed by atoms with Gasteiger partial charge in [0.1, 0.15) is 34.6 Å². The molecule has 0 amide bonds. The molecule has 51 heavy (non-hydrogen) atoms. The normalized spacial score (nSPS) is 11.6. The van der Waals surface area contributed by atoms with E-state index >= 15 is 8.78 Å². The molecule has 0 N–H and O–H groups in total. The third-order valence-electron chi connectivity index (χ3n) is 8.70.